The van der Waals surface area contributed by atoms with Crippen molar-refractivity contribution >= 4 is 0 Å². The normalized spacial score (nSPS) is 14.2. The summed E-state index contributed by atoms with van der Waals surface area (Å²) in [5.41, 5.74) is -1.14. The molecule has 16 heavy (non-hydrogen) atoms. The Morgan fingerprint density at radius 3 is 1.25 bits per heavy atom. The van der Waals surface area contributed by atoms with Crippen molar-refractivity contribution in [2.24, 2.45) is 0 Å². The molecule has 0 aromatic carbocycles. The van der Waals surface area contributed by atoms with Crippen molar-refractivity contribution in [1.82, 2.24) is 15.5 Å². The minimum absolute atomic E-state index is 0.568. The average molecular weight is 231 g/mol. The fraction of sp³-hybridized carbons (Fsp3) is 1.00. The molecule has 98 valence electrons. The van der Waals surface area contributed by atoms with E-state index < -0.39 is 11.1 Å². The van der Waals surface area contributed by atoms with Crippen LogP contribution in [0, 0.1) is 10.4 Å². The molecular weight excluding hydrogens is 206 g/mol. The third-order valence-corrected chi connectivity index (χ3v) is 3.29. The highest BCUT2D eigenvalue weighted by Gasteiger charge is 2.26. The molecule has 0 saturated carbocycles. The van der Waals surface area contributed by atoms with E-state index >= 15 is 0 Å². The SMILES string of the molecule is CCC(C)(C)N([O-])N(C)N([O-])C(C)(C)CC. The largest absolute Gasteiger partial charge is 0.770 e. The Labute approximate surface area is 99.1 Å². The Morgan fingerprint density at radius 2 is 1.06 bits per heavy atom. The maximum atomic E-state index is 12.0. The number of hydrazine groups is 2. The summed E-state index contributed by atoms with van der Waals surface area (Å²) in [5.74, 6) is 0. The molecule has 0 spiro atoms. The zero-order valence-electron chi connectivity index (χ0n) is 11.6. The van der Waals surface area contributed by atoms with E-state index in [2.05, 4.69) is 0 Å². The molecule has 0 atom stereocenters. The lowest BCUT2D eigenvalue weighted by Gasteiger charge is -2.59. The van der Waals surface area contributed by atoms with Gasteiger partial charge < -0.3 is 10.4 Å². The Balaban J connectivity index is 4.74. The van der Waals surface area contributed by atoms with Crippen molar-refractivity contribution in [2.75, 3.05) is 7.05 Å². The van der Waals surface area contributed by atoms with Gasteiger partial charge in [0.15, 0.2) is 0 Å². The van der Waals surface area contributed by atoms with Crippen molar-refractivity contribution in [2.45, 2.75) is 65.5 Å². The highest BCUT2D eigenvalue weighted by Crippen LogP contribution is 2.24. The van der Waals surface area contributed by atoms with E-state index in [0.717, 1.165) is 15.5 Å². The maximum absolute atomic E-state index is 12.0. The summed E-state index contributed by atoms with van der Waals surface area (Å²) >= 11 is 0. The molecule has 5 heteroatoms. The van der Waals surface area contributed by atoms with E-state index in [1.54, 1.807) is 0 Å². The molecule has 0 saturated heterocycles. The molecule has 0 aliphatic carbocycles. The van der Waals surface area contributed by atoms with E-state index in [0.29, 0.717) is 12.8 Å². The highest BCUT2D eigenvalue weighted by molar-refractivity contribution is 4.82. The van der Waals surface area contributed by atoms with Gasteiger partial charge in [-0.1, -0.05) is 13.8 Å². The first-order valence-corrected chi connectivity index (χ1v) is 5.78. The van der Waals surface area contributed by atoms with Gasteiger partial charge in [-0.2, -0.15) is 0 Å². The first-order valence-electron chi connectivity index (χ1n) is 5.78. The second kappa shape index (κ2) is 5.42. The number of hydrogen-bond acceptors (Lipinski definition) is 5. The van der Waals surface area contributed by atoms with Crippen LogP contribution in [0.3, 0.4) is 0 Å². The van der Waals surface area contributed by atoms with Crippen molar-refractivity contribution < 1.29 is 0 Å². The van der Waals surface area contributed by atoms with Crippen LogP contribution in [-0.2, 0) is 0 Å². The van der Waals surface area contributed by atoms with E-state index in [9.17, 15) is 10.4 Å². The Morgan fingerprint density at radius 1 is 0.812 bits per heavy atom. The van der Waals surface area contributed by atoms with Crippen LogP contribution in [-0.4, -0.2) is 33.6 Å². The first kappa shape index (κ1) is 15.8. The topological polar surface area (TPSA) is 55.8 Å². The molecule has 0 heterocycles. The molecule has 5 nitrogen and oxygen atoms in total. The molecule has 0 N–H and O–H groups in total. The Bertz CT molecular complexity index is 197. The zero-order chi connectivity index (χ0) is 13.1. The van der Waals surface area contributed by atoms with Gasteiger partial charge >= 0.3 is 0 Å². The third-order valence-electron chi connectivity index (χ3n) is 3.29. The predicted molar refractivity (Wildman–Crippen MR) is 66.9 cm³/mol. The van der Waals surface area contributed by atoms with Crippen LogP contribution in [0.1, 0.15) is 54.4 Å². The lowest BCUT2D eigenvalue weighted by Crippen LogP contribution is -2.59. The van der Waals surface area contributed by atoms with Crippen molar-refractivity contribution in [1.29, 1.82) is 0 Å². The van der Waals surface area contributed by atoms with Gasteiger partial charge in [-0.05, 0) is 40.5 Å². The lowest BCUT2D eigenvalue weighted by molar-refractivity contribution is -0.192. The average Bonchev–Trinajstić information content (AvgIpc) is 2.25. The van der Waals surface area contributed by atoms with Gasteiger partial charge in [-0.3, -0.25) is 10.3 Å². The summed E-state index contributed by atoms with van der Waals surface area (Å²) in [5, 5.41) is 26.6. The number of rotatable bonds is 6. The van der Waals surface area contributed by atoms with Gasteiger partial charge in [-0.25, -0.2) is 5.12 Å². The van der Waals surface area contributed by atoms with Crippen LogP contribution in [0.5, 0.6) is 0 Å². The van der Waals surface area contributed by atoms with E-state index in [1.165, 1.54) is 7.05 Å². The van der Waals surface area contributed by atoms with Gasteiger partial charge in [-0.15, -0.1) is 0 Å². The van der Waals surface area contributed by atoms with Crippen molar-refractivity contribution in [3.63, 3.8) is 0 Å². The van der Waals surface area contributed by atoms with Gasteiger partial charge in [0.2, 0.25) is 0 Å². The van der Waals surface area contributed by atoms with Gasteiger partial charge in [0, 0.05) is 18.1 Å². The summed E-state index contributed by atoms with van der Waals surface area (Å²) in [6.45, 7) is 11.1. The molecule has 0 amide bonds. The van der Waals surface area contributed by atoms with Crippen molar-refractivity contribution in [3.8, 4) is 0 Å². The van der Waals surface area contributed by atoms with Crippen LogP contribution >= 0.6 is 0 Å². The zero-order valence-corrected chi connectivity index (χ0v) is 11.6. The summed E-state index contributed by atoms with van der Waals surface area (Å²) < 4.78 is 0. The van der Waals surface area contributed by atoms with Crippen LogP contribution < -0.4 is 0 Å². The standard InChI is InChI=1S/C11H25N3O2/c1-8-10(3,4)13(15)12(7)14(16)11(5,6)9-2/h8-9H2,1-7H3/q-2. The molecular formula is C11H25N3O2-2. The van der Waals surface area contributed by atoms with Crippen LogP contribution in [0.15, 0.2) is 0 Å². The molecule has 0 fully saturated rings. The van der Waals surface area contributed by atoms with Crippen LogP contribution in [0.4, 0.5) is 0 Å². The predicted octanol–water partition coefficient (Wildman–Crippen LogP) is 2.73. The lowest BCUT2D eigenvalue weighted by atomic mass is 10.0. The second-order valence-corrected chi connectivity index (χ2v) is 5.37. The summed E-state index contributed by atoms with van der Waals surface area (Å²) in [7, 11) is 1.51. The number of hydrogen-bond donors (Lipinski definition) is 0. The van der Waals surface area contributed by atoms with Crippen molar-refractivity contribution in [3.05, 3.63) is 10.4 Å². The molecule has 0 aromatic rings. The molecule has 0 unspecified atom stereocenters. The summed E-state index contributed by atoms with van der Waals surface area (Å²) in [6.07, 6.45) is 1.36. The molecule has 0 aromatic heterocycles. The van der Waals surface area contributed by atoms with E-state index in [4.69, 9.17) is 0 Å². The fourth-order valence-corrected chi connectivity index (χ4v) is 1.13. The second-order valence-electron chi connectivity index (χ2n) is 5.37. The monoisotopic (exact) mass is 231 g/mol. The van der Waals surface area contributed by atoms with Gasteiger partial charge in [0.05, 0.1) is 0 Å². The summed E-state index contributed by atoms with van der Waals surface area (Å²) in [6, 6.07) is 0. The Hall–Kier alpha value is -0.200. The molecule has 0 radical (unpaired) electrons. The van der Waals surface area contributed by atoms with Gasteiger partial charge in [0.25, 0.3) is 0 Å². The fourth-order valence-electron chi connectivity index (χ4n) is 1.13. The number of nitrogens with zero attached hydrogens (tertiary/aromatic N) is 3. The van der Waals surface area contributed by atoms with Gasteiger partial charge in [0.1, 0.15) is 0 Å². The minimum Gasteiger partial charge on any atom is -0.770 e. The summed E-state index contributed by atoms with van der Waals surface area (Å²) in [4.78, 5) is 0. The molecule has 0 bridgehead atoms. The molecule has 0 rings (SSSR count). The van der Waals surface area contributed by atoms with Crippen LogP contribution in [0.25, 0.3) is 0 Å². The van der Waals surface area contributed by atoms with Crippen LogP contribution in [0.2, 0.25) is 0 Å². The molecule has 0 aliphatic heterocycles. The number of hydroxylamine groups is 2. The third kappa shape index (κ3) is 3.40. The smallest absolute Gasteiger partial charge is 0.0175 e. The minimum atomic E-state index is -0.568. The van der Waals surface area contributed by atoms with E-state index in [1.807, 2.05) is 41.5 Å². The quantitative estimate of drug-likeness (QED) is 0.658. The molecule has 0 aliphatic rings. The van der Waals surface area contributed by atoms with E-state index in [-0.39, 0.29) is 0 Å². The maximum Gasteiger partial charge on any atom is 0.0175 e. The first-order chi connectivity index (χ1) is 7.10. The Kier molecular flexibility index (Phi) is 5.35. The highest BCUT2D eigenvalue weighted by atomic mass is 16.6.